The number of hydrogen-bond acceptors (Lipinski definition) is 10. The van der Waals surface area contributed by atoms with Gasteiger partial charge in [0.25, 0.3) is 0 Å². The summed E-state index contributed by atoms with van der Waals surface area (Å²) in [5, 5.41) is 19.9. The van der Waals surface area contributed by atoms with Crippen LogP contribution in [0.4, 0.5) is 4.79 Å². The summed E-state index contributed by atoms with van der Waals surface area (Å²) in [6, 6.07) is 17.3. The highest BCUT2D eigenvalue weighted by atomic mass is 127. The molecule has 45 heavy (non-hydrogen) atoms. The number of urea groups is 1. The second-order valence-electron chi connectivity index (χ2n) is 9.74. The van der Waals surface area contributed by atoms with Crippen molar-refractivity contribution in [3.63, 3.8) is 0 Å². The number of carbonyl (C=O) groups excluding carboxylic acids is 2. The third-order valence-electron chi connectivity index (χ3n) is 6.60. The first-order valence-electron chi connectivity index (χ1n) is 14.0. The first-order valence-corrected chi connectivity index (χ1v) is 15.1. The van der Waals surface area contributed by atoms with Crippen LogP contribution in [0.2, 0.25) is 0 Å². The molecule has 12 nitrogen and oxygen atoms in total. The van der Waals surface area contributed by atoms with Crippen LogP contribution in [0.3, 0.4) is 0 Å². The summed E-state index contributed by atoms with van der Waals surface area (Å²) in [6.07, 6.45) is 0.394. The summed E-state index contributed by atoms with van der Waals surface area (Å²) in [4.78, 5) is 24.6. The van der Waals surface area contributed by atoms with Crippen LogP contribution >= 0.6 is 22.6 Å². The van der Waals surface area contributed by atoms with Gasteiger partial charge in [-0.05, 0) is 95.6 Å². The average Bonchev–Trinajstić information content (AvgIpc) is 3.03. The predicted molar refractivity (Wildman–Crippen MR) is 175 cm³/mol. The number of aliphatic hydroxyl groups excluding tert-OH is 1. The molecular weight excluding hydrogens is 695 g/mol. The minimum Gasteiger partial charge on any atom is -0.493 e. The summed E-state index contributed by atoms with van der Waals surface area (Å²) in [5.74, 6) is 1.31. The van der Waals surface area contributed by atoms with Crippen LogP contribution in [0.15, 0.2) is 77.0 Å². The van der Waals surface area contributed by atoms with Crippen molar-refractivity contribution in [3.8, 4) is 23.0 Å². The first kappa shape index (κ1) is 33.4. The zero-order valence-electron chi connectivity index (χ0n) is 25.3. The lowest BCUT2D eigenvalue weighted by Crippen LogP contribution is -2.45. The third kappa shape index (κ3) is 9.01. The highest BCUT2D eigenvalue weighted by molar-refractivity contribution is 14.1. The van der Waals surface area contributed by atoms with Crippen molar-refractivity contribution in [3.05, 3.63) is 92.2 Å². The van der Waals surface area contributed by atoms with Gasteiger partial charge >= 0.3 is 12.0 Å². The molecule has 0 saturated carbocycles. The standard InChI is InChI=1S/C32H35IN4O8/c1-5-43-27-15-22(30-29(31(39)42-4)19(2)35-32(40)36-30)9-13-25(27)45-18-28(38)37-34-16-21-8-12-24(26(14-21)41-3)44-17-20-6-10-23(33)11-7-20/h6-16,28,30,37-38H,5,17-18H2,1-4H3,(H2,35,36,40)/b34-16-/t28-,30-/m1/s1. The van der Waals surface area contributed by atoms with Crippen molar-refractivity contribution in [2.75, 3.05) is 27.4 Å². The quantitative estimate of drug-likeness (QED) is 0.0623. The first-order chi connectivity index (χ1) is 21.7. The van der Waals surface area contributed by atoms with Crippen LogP contribution in [0, 0.1) is 3.57 Å². The molecule has 0 aliphatic carbocycles. The number of allylic oxidation sites excluding steroid dienone is 1. The van der Waals surface area contributed by atoms with Gasteiger partial charge in [0.05, 0.1) is 38.7 Å². The molecule has 0 radical (unpaired) electrons. The number of rotatable bonds is 14. The monoisotopic (exact) mass is 730 g/mol. The van der Waals surface area contributed by atoms with E-state index in [4.69, 9.17) is 23.7 Å². The van der Waals surface area contributed by atoms with Crippen LogP contribution in [-0.2, 0) is 16.1 Å². The van der Waals surface area contributed by atoms with Gasteiger partial charge in [0.2, 0.25) is 0 Å². The minimum atomic E-state index is -1.14. The molecule has 1 aliphatic rings. The largest absolute Gasteiger partial charge is 0.493 e. The molecule has 4 rings (SSSR count). The third-order valence-corrected chi connectivity index (χ3v) is 7.32. The maximum atomic E-state index is 12.4. The van der Waals surface area contributed by atoms with E-state index in [0.717, 1.165) is 14.7 Å². The Labute approximate surface area is 274 Å². The van der Waals surface area contributed by atoms with Crippen molar-refractivity contribution < 1.29 is 38.4 Å². The molecule has 0 bridgehead atoms. The van der Waals surface area contributed by atoms with E-state index in [2.05, 4.69) is 43.8 Å². The van der Waals surface area contributed by atoms with Gasteiger partial charge in [0, 0.05) is 9.27 Å². The number of esters is 1. The Morgan fingerprint density at radius 2 is 1.76 bits per heavy atom. The summed E-state index contributed by atoms with van der Waals surface area (Å²) < 4.78 is 29.0. The number of carbonyl (C=O) groups is 2. The average molecular weight is 731 g/mol. The van der Waals surface area contributed by atoms with E-state index in [1.165, 1.54) is 13.3 Å². The van der Waals surface area contributed by atoms with E-state index < -0.39 is 24.3 Å². The number of benzene rings is 3. The Bertz CT molecular complexity index is 1560. The lowest BCUT2D eigenvalue weighted by atomic mass is 9.95. The van der Waals surface area contributed by atoms with Crippen molar-refractivity contribution >= 4 is 40.8 Å². The molecule has 13 heteroatoms. The molecule has 0 spiro atoms. The number of ether oxygens (including phenoxy) is 5. The molecule has 1 heterocycles. The van der Waals surface area contributed by atoms with Gasteiger partial charge in [-0.15, -0.1) is 0 Å². The Hall–Kier alpha value is -4.50. The zero-order chi connectivity index (χ0) is 32.3. The molecule has 0 unspecified atom stereocenters. The van der Waals surface area contributed by atoms with Gasteiger partial charge in [0.15, 0.2) is 29.2 Å². The SMILES string of the molecule is CCOc1cc([C@H]2NC(=O)NC(C)=C2C(=O)OC)ccc1OC[C@@H](O)N/N=C\c1ccc(OCc2ccc(I)cc2)c(OC)c1. The topological polar surface area (TPSA) is 149 Å². The highest BCUT2D eigenvalue weighted by Crippen LogP contribution is 2.35. The fraction of sp³-hybridized carbons (Fsp3) is 0.281. The van der Waals surface area contributed by atoms with E-state index in [1.54, 1.807) is 44.4 Å². The fourth-order valence-electron chi connectivity index (χ4n) is 4.45. The van der Waals surface area contributed by atoms with Crippen molar-refractivity contribution in [2.45, 2.75) is 32.7 Å². The van der Waals surface area contributed by atoms with Crippen molar-refractivity contribution in [1.82, 2.24) is 16.1 Å². The summed E-state index contributed by atoms with van der Waals surface area (Å²) >= 11 is 2.26. The molecule has 0 fully saturated rings. The normalized spacial score (nSPS) is 15.2. The number of halogens is 1. The lowest BCUT2D eigenvalue weighted by molar-refractivity contribution is -0.136. The highest BCUT2D eigenvalue weighted by Gasteiger charge is 2.32. The number of hydrazone groups is 1. The second-order valence-corrected chi connectivity index (χ2v) is 11.0. The van der Waals surface area contributed by atoms with Gasteiger partial charge in [0.1, 0.15) is 13.2 Å². The van der Waals surface area contributed by atoms with Gasteiger partial charge in [-0.25, -0.2) is 9.59 Å². The van der Waals surface area contributed by atoms with Crippen molar-refractivity contribution in [1.29, 1.82) is 0 Å². The van der Waals surface area contributed by atoms with E-state index >= 15 is 0 Å². The zero-order valence-corrected chi connectivity index (χ0v) is 27.4. The van der Waals surface area contributed by atoms with Crippen LogP contribution in [0.1, 0.15) is 36.6 Å². The number of methoxy groups -OCH3 is 2. The Balaban J connectivity index is 1.36. The lowest BCUT2D eigenvalue weighted by Gasteiger charge is -2.28. The number of amides is 2. The minimum absolute atomic E-state index is 0.151. The Kier molecular flexibility index (Phi) is 11.9. The van der Waals surface area contributed by atoms with Gasteiger partial charge < -0.3 is 39.4 Å². The number of aliphatic hydroxyl groups is 1. The van der Waals surface area contributed by atoms with Gasteiger partial charge in [-0.3, -0.25) is 5.43 Å². The predicted octanol–water partition coefficient (Wildman–Crippen LogP) is 4.40. The fourth-order valence-corrected chi connectivity index (χ4v) is 4.80. The Morgan fingerprint density at radius 3 is 2.47 bits per heavy atom. The van der Waals surface area contributed by atoms with E-state index in [9.17, 15) is 14.7 Å². The molecule has 4 N–H and O–H groups in total. The molecule has 3 aromatic carbocycles. The molecule has 2 amide bonds. The van der Waals surface area contributed by atoms with Gasteiger partial charge in [-0.1, -0.05) is 18.2 Å². The van der Waals surface area contributed by atoms with Crippen LogP contribution < -0.4 is 35.0 Å². The molecular formula is C32H35IN4O8. The van der Waals surface area contributed by atoms with Crippen LogP contribution in [-0.4, -0.2) is 57.0 Å². The maximum absolute atomic E-state index is 12.4. The second kappa shape index (κ2) is 16.0. The summed E-state index contributed by atoms with van der Waals surface area (Å²) in [6.45, 7) is 4.03. The number of hydrogen-bond donors (Lipinski definition) is 4. The summed E-state index contributed by atoms with van der Waals surface area (Å²) in [7, 11) is 2.84. The van der Waals surface area contributed by atoms with E-state index in [0.29, 0.717) is 47.5 Å². The maximum Gasteiger partial charge on any atom is 0.337 e. The Morgan fingerprint density at radius 1 is 1.02 bits per heavy atom. The number of nitrogens with zero attached hydrogens (tertiary/aromatic N) is 1. The number of nitrogens with one attached hydrogen (secondary N) is 3. The van der Waals surface area contributed by atoms with Crippen LogP contribution in [0.25, 0.3) is 0 Å². The molecule has 1 aliphatic heterocycles. The van der Waals surface area contributed by atoms with E-state index in [1.807, 2.05) is 37.3 Å². The molecule has 0 aromatic heterocycles. The molecule has 238 valence electrons. The van der Waals surface area contributed by atoms with E-state index in [-0.39, 0.29) is 12.2 Å². The smallest absolute Gasteiger partial charge is 0.337 e. The summed E-state index contributed by atoms with van der Waals surface area (Å²) in [5.41, 5.74) is 5.65. The molecule has 0 saturated heterocycles. The van der Waals surface area contributed by atoms with Crippen LogP contribution in [0.5, 0.6) is 23.0 Å². The van der Waals surface area contributed by atoms with Crippen molar-refractivity contribution in [2.24, 2.45) is 5.10 Å². The molecule has 2 atom stereocenters. The molecule has 3 aromatic rings. The van der Waals surface area contributed by atoms with Gasteiger partial charge in [-0.2, -0.15) is 5.10 Å².